The van der Waals surface area contributed by atoms with E-state index >= 15 is 0 Å². The number of benzene rings is 1. The number of rotatable bonds is 1. The minimum Gasteiger partial charge on any atom is -0.362 e. The van der Waals surface area contributed by atoms with E-state index in [1.165, 1.54) is 18.9 Å². The molecule has 1 aromatic rings. The lowest BCUT2D eigenvalue weighted by Crippen LogP contribution is -2.49. The molecule has 0 saturated carbocycles. The number of anilines is 1. The van der Waals surface area contributed by atoms with Gasteiger partial charge in [0, 0.05) is 23.3 Å². The minimum atomic E-state index is -0.143. The fourth-order valence-electron chi connectivity index (χ4n) is 3.71. The molecule has 1 N–H and O–H groups in total. The van der Waals surface area contributed by atoms with Crippen molar-refractivity contribution in [3.63, 3.8) is 0 Å². The highest BCUT2D eigenvalue weighted by Crippen LogP contribution is 2.40. The highest BCUT2D eigenvalue weighted by molar-refractivity contribution is 5.52. The maximum absolute atomic E-state index is 13.5. The van der Waals surface area contributed by atoms with Crippen molar-refractivity contribution in [2.75, 3.05) is 11.4 Å². The predicted octanol–water partition coefficient (Wildman–Crippen LogP) is 2.94. The van der Waals surface area contributed by atoms with Crippen molar-refractivity contribution in [1.29, 1.82) is 0 Å². The van der Waals surface area contributed by atoms with Crippen LogP contribution in [0.3, 0.4) is 0 Å². The second kappa shape index (κ2) is 4.23. The molecule has 0 aliphatic carbocycles. The minimum absolute atomic E-state index is 0.0977. The molecule has 0 radical (unpaired) electrons. The van der Waals surface area contributed by atoms with Crippen molar-refractivity contribution in [1.82, 2.24) is 5.32 Å². The van der Waals surface area contributed by atoms with Gasteiger partial charge in [-0.3, -0.25) is 0 Å². The Labute approximate surface area is 108 Å². The molecule has 2 atom stereocenters. The third-order valence-electron chi connectivity index (χ3n) is 4.34. The number of fused-ring (bicyclic) bond motifs is 1. The summed E-state index contributed by atoms with van der Waals surface area (Å²) in [5, 5.41) is 3.62. The summed E-state index contributed by atoms with van der Waals surface area (Å²) in [4.78, 5) is 2.42. The molecular formula is C15H21FN2. The van der Waals surface area contributed by atoms with Gasteiger partial charge in [-0.2, -0.15) is 0 Å². The van der Waals surface area contributed by atoms with Gasteiger partial charge >= 0.3 is 0 Å². The third-order valence-corrected chi connectivity index (χ3v) is 4.34. The van der Waals surface area contributed by atoms with Gasteiger partial charge in [0.1, 0.15) is 5.82 Å². The molecule has 18 heavy (non-hydrogen) atoms. The summed E-state index contributed by atoms with van der Waals surface area (Å²) in [6.07, 6.45) is 3.55. The van der Waals surface area contributed by atoms with Crippen LogP contribution in [0.25, 0.3) is 0 Å². The fraction of sp³-hybridized carbons (Fsp3) is 0.600. The molecule has 0 amide bonds. The van der Waals surface area contributed by atoms with Crippen molar-refractivity contribution >= 4 is 5.69 Å². The van der Waals surface area contributed by atoms with Gasteiger partial charge in [-0.05, 0) is 57.9 Å². The van der Waals surface area contributed by atoms with Crippen LogP contribution in [0.2, 0.25) is 0 Å². The summed E-state index contributed by atoms with van der Waals surface area (Å²) < 4.78 is 13.5. The summed E-state index contributed by atoms with van der Waals surface area (Å²) in [6.45, 7) is 5.64. The van der Waals surface area contributed by atoms with Gasteiger partial charge in [-0.25, -0.2) is 4.39 Å². The zero-order chi connectivity index (χ0) is 12.8. The molecule has 0 spiro atoms. The maximum Gasteiger partial charge on any atom is 0.125 e. The van der Waals surface area contributed by atoms with Gasteiger partial charge in [-0.15, -0.1) is 0 Å². The normalized spacial score (nSPS) is 30.3. The van der Waals surface area contributed by atoms with E-state index in [1.807, 2.05) is 12.1 Å². The Morgan fingerprint density at radius 1 is 1.39 bits per heavy atom. The first-order chi connectivity index (χ1) is 8.58. The van der Waals surface area contributed by atoms with Gasteiger partial charge in [0.05, 0.1) is 0 Å². The maximum atomic E-state index is 13.5. The smallest absolute Gasteiger partial charge is 0.125 e. The van der Waals surface area contributed by atoms with E-state index in [-0.39, 0.29) is 11.4 Å². The van der Waals surface area contributed by atoms with Crippen LogP contribution in [0.4, 0.5) is 10.1 Å². The van der Waals surface area contributed by atoms with E-state index < -0.39 is 0 Å². The van der Waals surface area contributed by atoms with Gasteiger partial charge in [0.15, 0.2) is 0 Å². The van der Waals surface area contributed by atoms with Crippen LogP contribution in [0.15, 0.2) is 24.3 Å². The van der Waals surface area contributed by atoms with Crippen LogP contribution >= 0.6 is 0 Å². The van der Waals surface area contributed by atoms with E-state index in [9.17, 15) is 4.39 Å². The molecule has 98 valence electrons. The van der Waals surface area contributed by atoms with Crippen molar-refractivity contribution in [3.05, 3.63) is 30.1 Å². The van der Waals surface area contributed by atoms with Gasteiger partial charge in [0.2, 0.25) is 0 Å². The summed E-state index contributed by atoms with van der Waals surface area (Å²) in [6, 6.07) is 8.08. The molecular weight excluding hydrogens is 227 g/mol. The molecule has 2 nitrogen and oxygen atoms in total. The highest BCUT2D eigenvalue weighted by atomic mass is 19.1. The van der Waals surface area contributed by atoms with E-state index in [4.69, 9.17) is 0 Å². The molecule has 3 rings (SSSR count). The molecule has 2 heterocycles. The summed E-state index contributed by atoms with van der Waals surface area (Å²) >= 11 is 0. The summed E-state index contributed by atoms with van der Waals surface area (Å²) in [7, 11) is 0. The second-order valence-electron chi connectivity index (χ2n) is 6.14. The Kier molecular flexibility index (Phi) is 2.81. The van der Waals surface area contributed by atoms with E-state index in [2.05, 4.69) is 24.1 Å². The number of nitrogens with zero attached hydrogens (tertiary/aromatic N) is 1. The van der Waals surface area contributed by atoms with Crippen LogP contribution in [0, 0.1) is 5.82 Å². The van der Waals surface area contributed by atoms with Gasteiger partial charge < -0.3 is 10.2 Å². The second-order valence-corrected chi connectivity index (χ2v) is 6.14. The molecule has 1 aromatic carbocycles. The molecule has 2 aliphatic heterocycles. The first-order valence-corrected chi connectivity index (χ1v) is 6.86. The molecule has 3 heteroatoms. The van der Waals surface area contributed by atoms with Crippen molar-refractivity contribution < 1.29 is 4.39 Å². The monoisotopic (exact) mass is 248 g/mol. The lowest BCUT2D eigenvalue weighted by Gasteiger charge is -2.39. The number of halogens is 1. The Hall–Kier alpha value is -1.09. The molecule has 0 unspecified atom stereocenters. The molecule has 2 aliphatic rings. The molecule has 2 saturated heterocycles. The van der Waals surface area contributed by atoms with Gasteiger partial charge in [0.25, 0.3) is 0 Å². The first kappa shape index (κ1) is 12.0. The Morgan fingerprint density at radius 2 is 2.22 bits per heavy atom. The van der Waals surface area contributed by atoms with Crippen LogP contribution in [-0.4, -0.2) is 24.2 Å². The van der Waals surface area contributed by atoms with Crippen molar-refractivity contribution in [2.24, 2.45) is 0 Å². The average Bonchev–Trinajstić information content (AvgIpc) is 2.58. The fourth-order valence-corrected chi connectivity index (χ4v) is 3.71. The highest BCUT2D eigenvalue weighted by Gasteiger charge is 2.46. The Balaban J connectivity index is 1.97. The van der Waals surface area contributed by atoms with E-state index in [1.54, 1.807) is 6.07 Å². The summed E-state index contributed by atoms with van der Waals surface area (Å²) in [5.41, 5.74) is 1.12. The Bertz CT molecular complexity index is 444. The SMILES string of the molecule is CC1(C)C[C@@H]2NCCC[C@@H]2N1c1cccc(F)c1. The molecule has 0 bridgehead atoms. The topological polar surface area (TPSA) is 15.3 Å². The van der Waals surface area contributed by atoms with Crippen LogP contribution < -0.4 is 10.2 Å². The summed E-state index contributed by atoms with van der Waals surface area (Å²) in [5.74, 6) is -0.143. The average molecular weight is 248 g/mol. The predicted molar refractivity (Wildman–Crippen MR) is 72.4 cm³/mol. The van der Waals surface area contributed by atoms with E-state index in [0.29, 0.717) is 12.1 Å². The zero-order valence-electron chi connectivity index (χ0n) is 11.1. The first-order valence-electron chi connectivity index (χ1n) is 6.86. The van der Waals surface area contributed by atoms with Crippen LogP contribution in [0.5, 0.6) is 0 Å². The molecule has 0 aromatic heterocycles. The zero-order valence-corrected chi connectivity index (χ0v) is 11.1. The standard InChI is InChI=1S/C15H21FN2/c1-15(2)10-13-14(7-4-8-17-13)18(15)12-6-3-5-11(16)9-12/h3,5-6,9,13-14,17H,4,7-8,10H2,1-2H3/t13-,14-/m0/s1. The van der Waals surface area contributed by atoms with E-state index in [0.717, 1.165) is 18.7 Å². The van der Waals surface area contributed by atoms with Gasteiger partial charge in [-0.1, -0.05) is 6.07 Å². The van der Waals surface area contributed by atoms with Crippen LogP contribution in [-0.2, 0) is 0 Å². The third kappa shape index (κ3) is 1.91. The van der Waals surface area contributed by atoms with Crippen molar-refractivity contribution in [3.8, 4) is 0 Å². The van der Waals surface area contributed by atoms with Crippen molar-refractivity contribution in [2.45, 2.75) is 50.7 Å². The largest absolute Gasteiger partial charge is 0.362 e. The quantitative estimate of drug-likeness (QED) is 0.822. The van der Waals surface area contributed by atoms with Crippen LogP contribution in [0.1, 0.15) is 33.1 Å². The molecule has 2 fully saturated rings. The number of nitrogens with one attached hydrogen (secondary N) is 1. The number of hydrogen-bond donors (Lipinski definition) is 1. The number of piperidine rings is 1. The Morgan fingerprint density at radius 3 is 3.00 bits per heavy atom. The lowest BCUT2D eigenvalue weighted by molar-refractivity contribution is 0.382. The number of hydrogen-bond acceptors (Lipinski definition) is 2. The lowest BCUT2D eigenvalue weighted by atomic mass is 9.96.